The van der Waals surface area contributed by atoms with Crippen LogP contribution in [0.2, 0.25) is 0 Å². The van der Waals surface area contributed by atoms with Gasteiger partial charge < -0.3 is 0 Å². The van der Waals surface area contributed by atoms with E-state index in [9.17, 15) is 18.5 Å². The summed E-state index contributed by atoms with van der Waals surface area (Å²) in [4.78, 5) is 14.0. The fourth-order valence-electron chi connectivity index (χ4n) is 1.80. The first-order valence-corrected chi connectivity index (χ1v) is 7.46. The van der Waals surface area contributed by atoms with Crippen LogP contribution in [0.25, 0.3) is 0 Å². The van der Waals surface area contributed by atoms with E-state index in [0.717, 1.165) is 4.31 Å². The van der Waals surface area contributed by atoms with Gasteiger partial charge in [-0.15, -0.1) is 0 Å². The van der Waals surface area contributed by atoms with Crippen molar-refractivity contribution in [3.63, 3.8) is 0 Å². The first-order chi connectivity index (χ1) is 9.93. The molecular weight excluding hydrogens is 294 g/mol. The Morgan fingerprint density at radius 1 is 1.19 bits per heavy atom. The van der Waals surface area contributed by atoms with Crippen LogP contribution in [-0.2, 0) is 16.6 Å². The summed E-state index contributed by atoms with van der Waals surface area (Å²) in [5.41, 5.74) is 0.118. The number of pyridine rings is 1. The molecular formula is C13H13N3O4S. The van der Waals surface area contributed by atoms with Crippen LogP contribution in [0.1, 0.15) is 5.69 Å². The van der Waals surface area contributed by atoms with Gasteiger partial charge >= 0.3 is 0 Å². The van der Waals surface area contributed by atoms with Crippen LogP contribution >= 0.6 is 0 Å². The molecule has 0 aliphatic heterocycles. The highest BCUT2D eigenvalue weighted by Gasteiger charge is 2.29. The lowest BCUT2D eigenvalue weighted by molar-refractivity contribution is -0.387. The minimum absolute atomic E-state index is 0.0369. The molecule has 0 radical (unpaired) electrons. The number of aromatic nitrogens is 1. The van der Waals surface area contributed by atoms with Gasteiger partial charge in [-0.2, -0.15) is 4.31 Å². The molecule has 2 aromatic rings. The largest absolute Gasteiger partial charge is 0.289 e. The third-order valence-electron chi connectivity index (χ3n) is 2.86. The van der Waals surface area contributed by atoms with Crippen molar-refractivity contribution in [3.05, 3.63) is 64.5 Å². The smallest absolute Gasteiger partial charge is 0.260 e. The molecule has 1 aromatic heterocycles. The Labute approximate surface area is 122 Å². The Bertz CT molecular complexity index is 747. The van der Waals surface area contributed by atoms with Crippen LogP contribution in [0.15, 0.2) is 53.6 Å². The van der Waals surface area contributed by atoms with E-state index in [1.807, 2.05) is 0 Å². The molecule has 0 spiro atoms. The summed E-state index contributed by atoms with van der Waals surface area (Å²) in [5.74, 6) is 0. The van der Waals surface area contributed by atoms with Gasteiger partial charge in [0.25, 0.3) is 5.69 Å². The van der Waals surface area contributed by atoms with E-state index in [2.05, 4.69) is 4.98 Å². The molecule has 0 saturated heterocycles. The quantitative estimate of drug-likeness (QED) is 0.620. The molecule has 1 aromatic carbocycles. The molecule has 0 unspecified atom stereocenters. The molecule has 0 aliphatic rings. The Morgan fingerprint density at radius 3 is 2.48 bits per heavy atom. The number of para-hydroxylation sites is 1. The molecule has 0 saturated carbocycles. The zero-order valence-corrected chi connectivity index (χ0v) is 12.0. The van der Waals surface area contributed by atoms with E-state index in [0.29, 0.717) is 5.69 Å². The van der Waals surface area contributed by atoms with Gasteiger partial charge in [0, 0.05) is 19.3 Å². The molecule has 0 aliphatic carbocycles. The summed E-state index contributed by atoms with van der Waals surface area (Å²) in [6.07, 6.45) is 1.56. The predicted molar refractivity (Wildman–Crippen MR) is 76.0 cm³/mol. The third-order valence-corrected chi connectivity index (χ3v) is 4.71. The van der Waals surface area contributed by atoms with Crippen LogP contribution in [0.3, 0.4) is 0 Å². The van der Waals surface area contributed by atoms with Crippen LogP contribution < -0.4 is 0 Å². The van der Waals surface area contributed by atoms with Crippen molar-refractivity contribution in [2.45, 2.75) is 11.4 Å². The van der Waals surface area contributed by atoms with Crippen molar-refractivity contribution in [3.8, 4) is 0 Å². The van der Waals surface area contributed by atoms with Crippen molar-refractivity contribution >= 4 is 15.7 Å². The summed E-state index contributed by atoms with van der Waals surface area (Å²) < 4.78 is 26.0. The number of nitro groups is 1. The lowest BCUT2D eigenvalue weighted by atomic mass is 10.3. The highest BCUT2D eigenvalue weighted by Crippen LogP contribution is 2.26. The second-order valence-corrected chi connectivity index (χ2v) is 6.32. The lowest BCUT2D eigenvalue weighted by Gasteiger charge is -2.16. The number of nitrogens with zero attached hydrogens (tertiary/aromatic N) is 3. The van der Waals surface area contributed by atoms with Gasteiger partial charge in [-0.3, -0.25) is 15.1 Å². The molecule has 7 nitrogen and oxygen atoms in total. The number of hydrogen-bond donors (Lipinski definition) is 0. The Hall–Kier alpha value is -2.32. The summed E-state index contributed by atoms with van der Waals surface area (Å²) in [6.45, 7) is 0.0369. The van der Waals surface area contributed by atoms with E-state index in [1.54, 1.807) is 24.4 Å². The van der Waals surface area contributed by atoms with Crippen LogP contribution in [-0.4, -0.2) is 29.7 Å². The number of hydrogen-bond acceptors (Lipinski definition) is 5. The summed E-state index contributed by atoms with van der Waals surface area (Å²) >= 11 is 0. The molecule has 0 atom stereocenters. The van der Waals surface area contributed by atoms with E-state index >= 15 is 0 Å². The Balaban J connectivity index is 2.36. The standard InChI is InChI=1S/C13H13N3O4S/c1-15(10-11-6-4-5-9-14-11)21(19,20)13-8-3-2-7-12(13)16(17)18/h2-9H,10H2,1H3. The minimum Gasteiger partial charge on any atom is -0.260 e. The normalized spacial score (nSPS) is 11.5. The first-order valence-electron chi connectivity index (χ1n) is 6.02. The maximum absolute atomic E-state index is 12.5. The zero-order valence-electron chi connectivity index (χ0n) is 11.2. The van der Waals surface area contributed by atoms with Crippen LogP contribution in [0, 0.1) is 10.1 Å². The predicted octanol–water partition coefficient (Wildman–Crippen LogP) is 1.81. The molecule has 0 N–H and O–H groups in total. The molecule has 2 rings (SSSR count). The van der Waals surface area contributed by atoms with Gasteiger partial charge in [0.1, 0.15) is 0 Å². The Kier molecular flexibility index (Phi) is 4.29. The highest BCUT2D eigenvalue weighted by atomic mass is 32.2. The molecule has 8 heteroatoms. The second-order valence-electron chi connectivity index (χ2n) is 4.31. The summed E-state index contributed by atoms with van der Waals surface area (Å²) in [6, 6.07) is 10.4. The first kappa shape index (κ1) is 15.1. The number of benzene rings is 1. The maximum atomic E-state index is 12.5. The van der Waals surface area contributed by atoms with Crippen molar-refractivity contribution in [1.82, 2.24) is 9.29 Å². The van der Waals surface area contributed by atoms with E-state index < -0.39 is 20.6 Å². The average Bonchev–Trinajstić information content (AvgIpc) is 2.48. The highest BCUT2D eigenvalue weighted by molar-refractivity contribution is 7.89. The molecule has 0 bridgehead atoms. The van der Waals surface area contributed by atoms with Crippen molar-refractivity contribution in [2.75, 3.05) is 7.05 Å². The topological polar surface area (TPSA) is 93.4 Å². The maximum Gasteiger partial charge on any atom is 0.289 e. The molecule has 0 fully saturated rings. The lowest BCUT2D eigenvalue weighted by Crippen LogP contribution is -2.27. The van der Waals surface area contributed by atoms with E-state index in [1.165, 1.54) is 31.3 Å². The summed E-state index contributed by atoms with van der Waals surface area (Å²) in [5, 5.41) is 11.0. The minimum atomic E-state index is -3.96. The summed E-state index contributed by atoms with van der Waals surface area (Å²) in [7, 11) is -2.60. The van der Waals surface area contributed by atoms with Crippen molar-refractivity contribution < 1.29 is 13.3 Å². The fourth-order valence-corrected chi connectivity index (χ4v) is 3.09. The monoisotopic (exact) mass is 307 g/mol. The van der Waals surface area contributed by atoms with Gasteiger partial charge in [0.2, 0.25) is 10.0 Å². The SMILES string of the molecule is CN(Cc1ccccn1)S(=O)(=O)c1ccccc1[N+](=O)[O-]. The fraction of sp³-hybridized carbons (Fsp3) is 0.154. The Morgan fingerprint density at radius 2 is 1.86 bits per heavy atom. The molecule has 110 valence electrons. The number of sulfonamides is 1. The van der Waals surface area contributed by atoms with Gasteiger partial charge in [-0.1, -0.05) is 18.2 Å². The number of rotatable bonds is 5. The van der Waals surface area contributed by atoms with Gasteiger partial charge in [0.15, 0.2) is 4.90 Å². The van der Waals surface area contributed by atoms with E-state index in [-0.39, 0.29) is 11.4 Å². The third kappa shape index (κ3) is 3.23. The van der Waals surface area contributed by atoms with E-state index in [4.69, 9.17) is 0 Å². The molecule has 21 heavy (non-hydrogen) atoms. The van der Waals surface area contributed by atoms with Crippen LogP contribution in [0.4, 0.5) is 5.69 Å². The van der Waals surface area contributed by atoms with Gasteiger partial charge in [0.05, 0.1) is 17.2 Å². The van der Waals surface area contributed by atoms with Crippen molar-refractivity contribution in [2.24, 2.45) is 0 Å². The zero-order chi connectivity index (χ0) is 15.5. The average molecular weight is 307 g/mol. The molecule has 1 heterocycles. The molecule has 0 amide bonds. The van der Waals surface area contributed by atoms with Gasteiger partial charge in [-0.05, 0) is 18.2 Å². The second kappa shape index (κ2) is 5.98. The van der Waals surface area contributed by atoms with Crippen LogP contribution in [0.5, 0.6) is 0 Å². The van der Waals surface area contributed by atoms with Gasteiger partial charge in [-0.25, -0.2) is 8.42 Å². The number of nitro benzene ring substituents is 1. The van der Waals surface area contributed by atoms with Crippen molar-refractivity contribution in [1.29, 1.82) is 0 Å².